The first kappa shape index (κ1) is 17.3. The quantitative estimate of drug-likeness (QED) is 0.548. The number of rotatable bonds is 6. The van der Waals surface area contributed by atoms with E-state index in [1.165, 1.54) is 23.1 Å². The smallest absolute Gasteiger partial charge is 0.341 e. The maximum absolute atomic E-state index is 12.4. The molecule has 1 aliphatic rings. The van der Waals surface area contributed by atoms with Gasteiger partial charge in [0, 0.05) is 5.33 Å². The van der Waals surface area contributed by atoms with Gasteiger partial charge in [0.2, 0.25) is 0 Å². The molecule has 4 heteroatoms. The molecule has 0 spiro atoms. The van der Waals surface area contributed by atoms with E-state index in [0.717, 1.165) is 36.8 Å². The van der Waals surface area contributed by atoms with Crippen molar-refractivity contribution in [3.63, 3.8) is 0 Å². The molecule has 0 N–H and O–H groups in total. The molecule has 0 heterocycles. The van der Waals surface area contributed by atoms with Crippen molar-refractivity contribution in [3.05, 3.63) is 28.3 Å². The van der Waals surface area contributed by atoms with Crippen molar-refractivity contribution < 1.29 is 14.3 Å². The zero-order valence-corrected chi connectivity index (χ0v) is 15.3. The summed E-state index contributed by atoms with van der Waals surface area (Å²) in [6.45, 7) is 6.20. The maximum Gasteiger partial charge on any atom is 0.341 e. The Bertz CT molecular complexity index is 538. The third-order valence-corrected chi connectivity index (χ3v) is 4.30. The van der Waals surface area contributed by atoms with E-state index in [1.807, 2.05) is 26.8 Å². The molecule has 1 aromatic carbocycles. The Morgan fingerprint density at radius 3 is 2.55 bits per heavy atom. The molecule has 0 radical (unpaired) electrons. The van der Waals surface area contributed by atoms with Crippen LogP contribution >= 0.6 is 15.9 Å². The van der Waals surface area contributed by atoms with E-state index in [4.69, 9.17) is 9.47 Å². The van der Waals surface area contributed by atoms with Crippen LogP contribution in [-0.4, -0.2) is 24.0 Å². The molecule has 0 fully saturated rings. The van der Waals surface area contributed by atoms with Crippen molar-refractivity contribution in [2.45, 2.75) is 59.0 Å². The second kappa shape index (κ2) is 8.00. The van der Waals surface area contributed by atoms with Crippen molar-refractivity contribution in [2.24, 2.45) is 0 Å². The van der Waals surface area contributed by atoms with Crippen LogP contribution in [0.1, 0.15) is 60.7 Å². The number of halogens is 1. The highest BCUT2D eigenvalue weighted by Gasteiger charge is 2.25. The summed E-state index contributed by atoms with van der Waals surface area (Å²) >= 11 is 3.52. The standard InChI is InChI=1S/C18H25BrO3/c1-4-21-18(20)16-11-13(9-10-19)14-7-5-6-8-15(14)17(16)22-12(2)3/h11-12H,4-10H2,1-3H3. The van der Waals surface area contributed by atoms with Crippen molar-refractivity contribution in [1.82, 2.24) is 0 Å². The summed E-state index contributed by atoms with van der Waals surface area (Å²) in [5.41, 5.74) is 4.45. The fourth-order valence-corrected chi connectivity index (χ4v) is 3.48. The monoisotopic (exact) mass is 368 g/mol. The number of hydrogen-bond acceptors (Lipinski definition) is 3. The molecule has 1 aliphatic carbocycles. The normalized spacial score (nSPS) is 13.9. The van der Waals surface area contributed by atoms with Crippen molar-refractivity contribution in [1.29, 1.82) is 0 Å². The van der Waals surface area contributed by atoms with Gasteiger partial charge in [-0.15, -0.1) is 0 Å². The van der Waals surface area contributed by atoms with Crippen molar-refractivity contribution in [2.75, 3.05) is 11.9 Å². The zero-order valence-electron chi connectivity index (χ0n) is 13.7. The van der Waals surface area contributed by atoms with Gasteiger partial charge in [0.05, 0.1) is 12.7 Å². The van der Waals surface area contributed by atoms with Crippen molar-refractivity contribution in [3.8, 4) is 5.75 Å². The maximum atomic E-state index is 12.4. The zero-order chi connectivity index (χ0) is 16.1. The predicted molar refractivity (Wildman–Crippen MR) is 92.3 cm³/mol. The fraction of sp³-hybridized carbons (Fsp3) is 0.611. The molecule has 2 rings (SSSR count). The van der Waals surface area contributed by atoms with Crippen LogP contribution in [0.4, 0.5) is 0 Å². The van der Waals surface area contributed by atoms with Gasteiger partial charge in [0.25, 0.3) is 0 Å². The molecule has 122 valence electrons. The lowest BCUT2D eigenvalue weighted by atomic mass is 9.85. The van der Waals surface area contributed by atoms with Gasteiger partial charge in [-0.3, -0.25) is 0 Å². The SMILES string of the molecule is CCOC(=O)c1cc(CCBr)c2c(c1OC(C)C)CCCC2. The second-order valence-electron chi connectivity index (χ2n) is 5.90. The lowest BCUT2D eigenvalue weighted by Crippen LogP contribution is -2.18. The molecule has 0 amide bonds. The van der Waals surface area contributed by atoms with E-state index in [9.17, 15) is 4.79 Å². The molecule has 0 unspecified atom stereocenters. The first-order valence-electron chi connectivity index (χ1n) is 8.15. The molecule has 0 bridgehead atoms. The van der Waals surface area contributed by atoms with Gasteiger partial charge in [-0.05, 0) is 75.6 Å². The molecule has 3 nitrogen and oxygen atoms in total. The van der Waals surface area contributed by atoms with Gasteiger partial charge in [-0.2, -0.15) is 0 Å². The number of ether oxygens (including phenoxy) is 2. The summed E-state index contributed by atoms with van der Waals surface area (Å²) in [4.78, 5) is 12.4. The van der Waals surface area contributed by atoms with Crippen LogP contribution in [0.25, 0.3) is 0 Å². The van der Waals surface area contributed by atoms with E-state index in [2.05, 4.69) is 15.9 Å². The minimum absolute atomic E-state index is 0.0428. The number of carbonyl (C=O) groups is 1. The van der Waals surface area contributed by atoms with E-state index >= 15 is 0 Å². The van der Waals surface area contributed by atoms with Gasteiger partial charge in [0.1, 0.15) is 11.3 Å². The summed E-state index contributed by atoms with van der Waals surface area (Å²) in [5.74, 6) is 0.476. The summed E-state index contributed by atoms with van der Waals surface area (Å²) < 4.78 is 11.3. The topological polar surface area (TPSA) is 35.5 Å². The first-order chi connectivity index (χ1) is 10.6. The van der Waals surface area contributed by atoms with Crippen molar-refractivity contribution >= 4 is 21.9 Å². The van der Waals surface area contributed by atoms with Crippen LogP contribution in [0.15, 0.2) is 6.07 Å². The van der Waals surface area contributed by atoms with Crippen LogP contribution < -0.4 is 4.74 Å². The fourth-order valence-electron chi connectivity index (χ4n) is 3.06. The molecule has 0 aromatic heterocycles. The largest absolute Gasteiger partial charge is 0.490 e. The number of benzene rings is 1. The van der Waals surface area contributed by atoms with E-state index in [0.29, 0.717) is 12.2 Å². The average Bonchev–Trinajstić information content (AvgIpc) is 2.49. The Hall–Kier alpha value is -1.03. The van der Waals surface area contributed by atoms with Crippen LogP contribution in [0.2, 0.25) is 0 Å². The molecule has 0 saturated heterocycles. The van der Waals surface area contributed by atoms with Crippen LogP contribution in [0.5, 0.6) is 5.75 Å². The molecule has 22 heavy (non-hydrogen) atoms. The second-order valence-corrected chi connectivity index (χ2v) is 6.70. The summed E-state index contributed by atoms with van der Waals surface area (Å²) in [6, 6.07) is 1.99. The third kappa shape index (κ3) is 3.83. The average molecular weight is 369 g/mol. The molecular formula is C18H25BrO3. The van der Waals surface area contributed by atoms with Gasteiger partial charge in [0.15, 0.2) is 0 Å². The Labute approximate surface area is 141 Å². The lowest BCUT2D eigenvalue weighted by molar-refractivity contribution is 0.0519. The first-order valence-corrected chi connectivity index (χ1v) is 9.28. The highest BCUT2D eigenvalue weighted by atomic mass is 79.9. The Morgan fingerprint density at radius 2 is 1.95 bits per heavy atom. The molecule has 1 aromatic rings. The van der Waals surface area contributed by atoms with Gasteiger partial charge < -0.3 is 9.47 Å². The van der Waals surface area contributed by atoms with Crippen LogP contribution in [0.3, 0.4) is 0 Å². The number of carbonyl (C=O) groups excluding carboxylic acids is 1. The van der Waals surface area contributed by atoms with E-state index < -0.39 is 0 Å². The highest BCUT2D eigenvalue weighted by molar-refractivity contribution is 9.09. The van der Waals surface area contributed by atoms with E-state index in [1.54, 1.807) is 0 Å². The minimum atomic E-state index is -0.276. The third-order valence-electron chi connectivity index (χ3n) is 3.91. The van der Waals surface area contributed by atoms with Gasteiger partial charge >= 0.3 is 5.97 Å². The van der Waals surface area contributed by atoms with Crippen LogP contribution in [0, 0.1) is 0 Å². The highest BCUT2D eigenvalue weighted by Crippen LogP contribution is 2.37. The summed E-state index contributed by atoms with van der Waals surface area (Å²) in [6.07, 6.45) is 5.40. The summed E-state index contributed by atoms with van der Waals surface area (Å²) in [7, 11) is 0. The predicted octanol–water partition coefficient (Wildman–Crippen LogP) is 4.47. The Kier molecular flexibility index (Phi) is 6.30. The Morgan fingerprint density at radius 1 is 1.27 bits per heavy atom. The number of esters is 1. The molecule has 0 saturated carbocycles. The minimum Gasteiger partial charge on any atom is -0.490 e. The van der Waals surface area contributed by atoms with E-state index in [-0.39, 0.29) is 12.1 Å². The summed E-state index contributed by atoms with van der Waals surface area (Å²) in [5, 5.41) is 0.895. The van der Waals surface area contributed by atoms with Gasteiger partial charge in [-0.25, -0.2) is 4.79 Å². The Balaban J connectivity index is 2.57. The number of alkyl halides is 1. The number of fused-ring (bicyclic) bond motifs is 1. The van der Waals surface area contributed by atoms with Crippen LogP contribution in [-0.2, 0) is 24.0 Å². The number of aryl methyl sites for hydroxylation is 1. The molecule has 0 aliphatic heterocycles. The lowest BCUT2D eigenvalue weighted by Gasteiger charge is -2.26. The molecular weight excluding hydrogens is 344 g/mol. The number of hydrogen-bond donors (Lipinski definition) is 0. The molecule has 0 atom stereocenters. The van der Waals surface area contributed by atoms with Gasteiger partial charge in [-0.1, -0.05) is 15.9 Å².